The highest BCUT2D eigenvalue weighted by molar-refractivity contribution is 5.94. The summed E-state index contributed by atoms with van der Waals surface area (Å²) in [6, 6.07) is 8.52. The van der Waals surface area contributed by atoms with Crippen molar-refractivity contribution in [1.82, 2.24) is 5.32 Å². The van der Waals surface area contributed by atoms with Gasteiger partial charge in [-0.05, 0) is 44.5 Å². The number of nitrogens with one attached hydrogen (secondary N) is 1. The Hall–Kier alpha value is -1.06. The maximum Gasteiger partial charge on any atom is 0.226 e. The number of hydrogen-bond donors (Lipinski definition) is 1. The number of rotatable bonds is 3. The first-order chi connectivity index (χ1) is 8.74. The van der Waals surface area contributed by atoms with Crippen molar-refractivity contribution in [2.24, 2.45) is 0 Å². The third-order valence-corrected chi connectivity index (χ3v) is 3.62. The number of halogens is 1. The maximum absolute atomic E-state index is 12.3. The van der Waals surface area contributed by atoms with Crippen molar-refractivity contribution >= 4 is 24.0 Å². The molecule has 1 aliphatic rings. The molecule has 3 nitrogen and oxygen atoms in total. The fraction of sp³-hybridized carbons (Fsp3) is 0.533. The molecule has 1 heterocycles. The number of benzene rings is 1. The third-order valence-electron chi connectivity index (χ3n) is 3.62. The second-order valence-electron chi connectivity index (χ2n) is 4.88. The SMILES string of the molecule is CCC(=O)N(c1ccccc1C)C1CCNCC1.Cl. The van der Waals surface area contributed by atoms with E-state index in [-0.39, 0.29) is 18.3 Å². The van der Waals surface area contributed by atoms with Crippen LogP contribution in [0, 0.1) is 6.92 Å². The van der Waals surface area contributed by atoms with E-state index in [1.807, 2.05) is 24.0 Å². The van der Waals surface area contributed by atoms with Gasteiger partial charge in [0.05, 0.1) is 0 Å². The average Bonchev–Trinajstić information content (AvgIpc) is 2.42. The number of nitrogens with zero attached hydrogens (tertiary/aromatic N) is 1. The standard InChI is InChI=1S/C15H22N2O.ClH/c1-3-15(18)17(13-8-10-16-11-9-13)14-7-5-4-6-12(14)2;/h4-7,13,16H,3,8-11H2,1-2H3;1H. The summed E-state index contributed by atoms with van der Waals surface area (Å²) in [7, 11) is 0. The molecule has 0 unspecified atom stereocenters. The van der Waals surface area contributed by atoms with Crippen molar-refractivity contribution in [3.63, 3.8) is 0 Å². The van der Waals surface area contributed by atoms with E-state index in [0.717, 1.165) is 31.6 Å². The Kier molecular flexibility index (Phi) is 6.32. The van der Waals surface area contributed by atoms with Gasteiger partial charge in [-0.2, -0.15) is 0 Å². The minimum Gasteiger partial charge on any atom is -0.317 e. The van der Waals surface area contributed by atoms with E-state index in [4.69, 9.17) is 0 Å². The Morgan fingerprint density at radius 1 is 1.32 bits per heavy atom. The minimum absolute atomic E-state index is 0. The molecule has 4 heteroatoms. The number of anilines is 1. The molecule has 1 aromatic rings. The molecule has 0 aromatic heterocycles. The number of aryl methyl sites for hydroxylation is 1. The number of para-hydroxylation sites is 1. The van der Waals surface area contributed by atoms with Crippen LogP contribution in [0.5, 0.6) is 0 Å². The highest BCUT2D eigenvalue weighted by Crippen LogP contribution is 2.26. The molecule has 19 heavy (non-hydrogen) atoms. The van der Waals surface area contributed by atoms with Crippen molar-refractivity contribution in [3.8, 4) is 0 Å². The lowest BCUT2D eigenvalue weighted by Gasteiger charge is -2.35. The van der Waals surface area contributed by atoms with Gasteiger partial charge in [0.1, 0.15) is 0 Å². The van der Waals surface area contributed by atoms with E-state index >= 15 is 0 Å². The molecule has 0 radical (unpaired) electrons. The molecule has 0 saturated carbocycles. The Balaban J connectivity index is 0.00000180. The van der Waals surface area contributed by atoms with Crippen molar-refractivity contribution in [2.45, 2.75) is 39.2 Å². The Bertz CT molecular complexity index is 416. The van der Waals surface area contributed by atoms with Gasteiger partial charge in [-0.25, -0.2) is 0 Å². The Morgan fingerprint density at radius 2 is 1.95 bits per heavy atom. The monoisotopic (exact) mass is 282 g/mol. The van der Waals surface area contributed by atoms with E-state index in [1.165, 1.54) is 5.56 Å². The van der Waals surface area contributed by atoms with Crippen LogP contribution in [-0.2, 0) is 4.79 Å². The normalized spacial score (nSPS) is 15.7. The predicted octanol–water partition coefficient (Wildman–Crippen LogP) is 2.91. The number of amides is 1. The molecule has 1 N–H and O–H groups in total. The van der Waals surface area contributed by atoms with Crippen molar-refractivity contribution in [3.05, 3.63) is 29.8 Å². The van der Waals surface area contributed by atoms with E-state index in [2.05, 4.69) is 24.4 Å². The average molecular weight is 283 g/mol. The van der Waals surface area contributed by atoms with Crippen LogP contribution in [0.2, 0.25) is 0 Å². The first-order valence-electron chi connectivity index (χ1n) is 6.82. The molecule has 1 amide bonds. The summed E-state index contributed by atoms with van der Waals surface area (Å²) >= 11 is 0. The van der Waals surface area contributed by atoms with Crippen LogP contribution in [-0.4, -0.2) is 25.0 Å². The minimum atomic E-state index is 0. The van der Waals surface area contributed by atoms with Gasteiger partial charge in [-0.1, -0.05) is 25.1 Å². The number of carbonyl (C=O) groups is 1. The van der Waals surface area contributed by atoms with Crippen LogP contribution in [0.25, 0.3) is 0 Å². The first kappa shape index (κ1) is 16.0. The molecule has 0 spiro atoms. The topological polar surface area (TPSA) is 32.3 Å². The summed E-state index contributed by atoms with van der Waals surface area (Å²) in [5.41, 5.74) is 2.26. The van der Waals surface area contributed by atoms with E-state index in [0.29, 0.717) is 12.5 Å². The van der Waals surface area contributed by atoms with Crippen LogP contribution in [0.15, 0.2) is 24.3 Å². The Morgan fingerprint density at radius 3 is 2.53 bits per heavy atom. The summed E-state index contributed by atoms with van der Waals surface area (Å²) < 4.78 is 0. The van der Waals surface area contributed by atoms with Crippen molar-refractivity contribution < 1.29 is 4.79 Å². The van der Waals surface area contributed by atoms with Gasteiger partial charge in [-0.3, -0.25) is 4.79 Å². The lowest BCUT2D eigenvalue weighted by atomic mass is 10.0. The highest BCUT2D eigenvalue weighted by atomic mass is 35.5. The fourth-order valence-electron chi connectivity index (χ4n) is 2.60. The molecule has 1 aliphatic heterocycles. The van der Waals surface area contributed by atoms with Gasteiger partial charge in [0.25, 0.3) is 0 Å². The van der Waals surface area contributed by atoms with Crippen LogP contribution in [0.1, 0.15) is 31.7 Å². The van der Waals surface area contributed by atoms with Crippen LogP contribution in [0.4, 0.5) is 5.69 Å². The number of hydrogen-bond acceptors (Lipinski definition) is 2. The summed E-state index contributed by atoms with van der Waals surface area (Å²) in [5.74, 6) is 0.233. The second-order valence-corrected chi connectivity index (χ2v) is 4.88. The lowest BCUT2D eigenvalue weighted by Crippen LogP contribution is -2.46. The second kappa shape index (κ2) is 7.51. The van der Waals surface area contributed by atoms with Gasteiger partial charge in [0.15, 0.2) is 0 Å². The Labute approximate surface area is 121 Å². The molecule has 1 fully saturated rings. The van der Waals surface area contributed by atoms with Gasteiger partial charge < -0.3 is 10.2 Å². The van der Waals surface area contributed by atoms with Gasteiger partial charge in [-0.15, -0.1) is 12.4 Å². The van der Waals surface area contributed by atoms with E-state index < -0.39 is 0 Å². The molecule has 0 aliphatic carbocycles. The predicted molar refractivity (Wildman–Crippen MR) is 82.1 cm³/mol. The molecule has 1 saturated heterocycles. The van der Waals surface area contributed by atoms with Crippen LogP contribution >= 0.6 is 12.4 Å². The smallest absolute Gasteiger partial charge is 0.226 e. The van der Waals surface area contributed by atoms with Gasteiger partial charge in [0, 0.05) is 18.2 Å². The number of carbonyl (C=O) groups excluding carboxylic acids is 1. The van der Waals surface area contributed by atoms with Crippen molar-refractivity contribution in [2.75, 3.05) is 18.0 Å². The first-order valence-corrected chi connectivity index (χ1v) is 6.82. The molecular weight excluding hydrogens is 260 g/mol. The zero-order chi connectivity index (χ0) is 13.0. The van der Waals surface area contributed by atoms with Crippen LogP contribution < -0.4 is 10.2 Å². The molecule has 0 bridgehead atoms. The molecular formula is C15H23ClN2O. The van der Waals surface area contributed by atoms with Crippen molar-refractivity contribution in [1.29, 1.82) is 0 Å². The van der Waals surface area contributed by atoms with E-state index in [9.17, 15) is 4.79 Å². The summed E-state index contributed by atoms with van der Waals surface area (Å²) in [6.45, 7) is 6.02. The summed E-state index contributed by atoms with van der Waals surface area (Å²) in [4.78, 5) is 14.3. The molecule has 2 rings (SSSR count). The zero-order valence-corrected chi connectivity index (χ0v) is 12.5. The molecule has 0 atom stereocenters. The third kappa shape index (κ3) is 3.71. The fourth-order valence-corrected chi connectivity index (χ4v) is 2.60. The quantitative estimate of drug-likeness (QED) is 0.924. The summed E-state index contributed by atoms with van der Waals surface area (Å²) in [5, 5.41) is 3.35. The zero-order valence-electron chi connectivity index (χ0n) is 11.7. The molecule has 106 valence electrons. The molecule has 1 aromatic carbocycles. The largest absolute Gasteiger partial charge is 0.317 e. The maximum atomic E-state index is 12.3. The van der Waals surface area contributed by atoms with Gasteiger partial charge in [0.2, 0.25) is 5.91 Å². The van der Waals surface area contributed by atoms with Gasteiger partial charge >= 0.3 is 0 Å². The number of piperidine rings is 1. The lowest BCUT2D eigenvalue weighted by molar-refractivity contribution is -0.118. The highest BCUT2D eigenvalue weighted by Gasteiger charge is 2.26. The summed E-state index contributed by atoms with van der Waals surface area (Å²) in [6.07, 6.45) is 2.65. The van der Waals surface area contributed by atoms with E-state index in [1.54, 1.807) is 0 Å². The van der Waals surface area contributed by atoms with Crippen LogP contribution in [0.3, 0.4) is 0 Å².